The van der Waals surface area contributed by atoms with Gasteiger partial charge in [0.15, 0.2) is 0 Å². The van der Waals surface area contributed by atoms with Crippen molar-refractivity contribution in [3.63, 3.8) is 0 Å². The van der Waals surface area contributed by atoms with Gasteiger partial charge < -0.3 is 9.13 Å². The summed E-state index contributed by atoms with van der Waals surface area (Å²) in [5.74, 6) is 0. The fourth-order valence-corrected chi connectivity index (χ4v) is 10.2. The van der Waals surface area contributed by atoms with E-state index < -0.39 is 0 Å². The molecule has 0 fully saturated rings. The molecule has 0 spiro atoms. The van der Waals surface area contributed by atoms with Gasteiger partial charge in [-0.15, -0.1) is 0 Å². The predicted octanol–water partition coefficient (Wildman–Crippen LogP) is 14.3. The standard InChI is InChI=1S/C57H35N3O/c61-57-56-55(47-24-12-14-26-52(47)60(57)39-17-5-2-6-18-39)50-34-37(36-27-31-53-49(33-36)46-23-11-13-25-51(46)58(53)38-15-3-1-4-16-38)28-32-54(50)59(56)40-29-30-45-43-21-8-7-19-41(43)42-20-9-10-22-44(42)48(45)35-40/h1-35H. The van der Waals surface area contributed by atoms with Crippen LogP contribution in [0, 0.1) is 0 Å². The van der Waals surface area contributed by atoms with Gasteiger partial charge >= 0.3 is 0 Å². The van der Waals surface area contributed by atoms with Gasteiger partial charge in [0.25, 0.3) is 5.56 Å². The number of pyridine rings is 1. The second-order valence-electron chi connectivity index (χ2n) is 16.0. The average molecular weight is 778 g/mol. The van der Waals surface area contributed by atoms with E-state index in [0.717, 1.165) is 66.3 Å². The van der Waals surface area contributed by atoms with Gasteiger partial charge in [0.1, 0.15) is 5.52 Å². The molecule has 0 radical (unpaired) electrons. The number of fused-ring (bicyclic) bond motifs is 14. The maximum absolute atomic E-state index is 15.4. The molecule has 0 bridgehead atoms. The number of para-hydroxylation sites is 4. The van der Waals surface area contributed by atoms with Crippen LogP contribution in [0.3, 0.4) is 0 Å². The molecule has 0 aliphatic carbocycles. The quantitative estimate of drug-likeness (QED) is 0.164. The molecule has 0 unspecified atom stereocenters. The summed E-state index contributed by atoms with van der Waals surface area (Å²) in [7, 11) is 0. The lowest BCUT2D eigenvalue weighted by molar-refractivity contribution is 1.04. The minimum atomic E-state index is -0.0590. The highest BCUT2D eigenvalue weighted by atomic mass is 16.1. The summed E-state index contributed by atoms with van der Waals surface area (Å²) in [6.07, 6.45) is 0. The number of nitrogens with zero attached hydrogens (tertiary/aromatic N) is 3. The van der Waals surface area contributed by atoms with Crippen LogP contribution in [0.2, 0.25) is 0 Å². The first-order valence-electron chi connectivity index (χ1n) is 20.8. The highest BCUT2D eigenvalue weighted by Crippen LogP contribution is 2.42. The molecule has 3 heterocycles. The molecular formula is C57H35N3O. The molecule has 61 heavy (non-hydrogen) atoms. The molecule has 0 saturated heterocycles. The predicted molar refractivity (Wildman–Crippen MR) is 256 cm³/mol. The lowest BCUT2D eigenvalue weighted by atomic mass is 9.94. The van der Waals surface area contributed by atoms with Crippen LogP contribution in [0.1, 0.15) is 0 Å². The van der Waals surface area contributed by atoms with Crippen LogP contribution in [0.5, 0.6) is 0 Å². The molecule has 13 aromatic rings. The Hall–Kier alpha value is -8.21. The molecule has 0 saturated carbocycles. The Kier molecular flexibility index (Phi) is 7.13. The van der Waals surface area contributed by atoms with Crippen LogP contribution in [0.15, 0.2) is 217 Å². The third kappa shape index (κ3) is 4.84. The molecule has 284 valence electrons. The van der Waals surface area contributed by atoms with E-state index in [0.29, 0.717) is 5.52 Å². The van der Waals surface area contributed by atoms with Gasteiger partial charge in [0, 0.05) is 44.0 Å². The van der Waals surface area contributed by atoms with E-state index in [1.165, 1.54) is 43.2 Å². The molecule has 4 heteroatoms. The molecular weight excluding hydrogens is 743 g/mol. The van der Waals surface area contributed by atoms with Crippen molar-refractivity contribution in [2.75, 3.05) is 0 Å². The third-order valence-electron chi connectivity index (χ3n) is 12.8. The highest BCUT2D eigenvalue weighted by Gasteiger charge is 2.23. The first kappa shape index (κ1) is 33.7. The summed E-state index contributed by atoms with van der Waals surface area (Å²) in [5, 5.41) is 12.7. The zero-order chi connectivity index (χ0) is 40.2. The van der Waals surface area contributed by atoms with Crippen LogP contribution in [-0.4, -0.2) is 13.7 Å². The van der Waals surface area contributed by atoms with Crippen molar-refractivity contribution in [3.8, 4) is 28.2 Å². The Morgan fingerprint density at radius 2 is 0.705 bits per heavy atom. The van der Waals surface area contributed by atoms with Gasteiger partial charge in [-0.3, -0.25) is 9.36 Å². The minimum Gasteiger partial charge on any atom is -0.309 e. The van der Waals surface area contributed by atoms with Gasteiger partial charge in [0.05, 0.1) is 22.1 Å². The molecule has 0 aliphatic rings. The molecule has 0 amide bonds. The van der Waals surface area contributed by atoms with Crippen LogP contribution < -0.4 is 5.56 Å². The van der Waals surface area contributed by atoms with Crippen LogP contribution in [-0.2, 0) is 0 Å². The SMILES string of the molecule is O=c1c2c(c3ccccc3n1-c1ccccc1)c1cc(-c3ccc4c(c3)c3ccccc3n4-c3ccccc3)ccc1n2-c1ccc2c3ccccc3c3ccccc3c2c1. The summed E-state index contributed by atoms with van der Waals surface area (Å²) in [5.41, 5.74) is 9.93. The molecule has 0 aliphatic heterocycles. The van der Waals surface area contributed by atoms with Crippen molar-refractivity contribution in [1.29, 1.82) is 0 Å². The number of rotatable bonds is 4. The Labute approximate surface area is 350 Å². The second-order valence-corrected chi connectivity index (χ2v) is 16.0. The fourth-order valence-electron chi connectivity index (χ4n) is 10.2. The maximum Gasteiger partial charge on any atom is 0.280 e. The van der Waals surface area contributed by atoms with E-state index in [9.17, 15) is 0 Å². The monoisotopic (exact) mass is 777 g/mol. The zero-order valence-corrected chi connectivity index (χ0v) is 33.0. The lowest BCUT2D eigenvalue weighted by Crippen LogP contribution is -2.21. The van der Waals surface area contributed by atoms with Gasteiger partial charge in [-0.2, -0.15) is 0 Å². The summed E-state index contributed by atoms with van der Waals surface area (Å²) in [4.78, 5) is 15.4. The van der Waals surface area contributed by atoms with E-state index in [-0.39, 0.29) is 5.56 Å². The van der Waals surface area contributed by atoms with E-state index >= 15 is 4.79 Å². The zero-order valence-electron chi connectivity index (χ0n) is 33.0. The third-order valence-corrected chi connectivity index (χ3v) is 12.8. The summed E-state index contributed by atoms with van der Waals surface area (Å²) >= 11 is 0. The lowest BCUT2D eigenvalue weighted by Gasteiger charge is -2.15. The summed E-state index contributed by atoms with van der Waals surface area (Å²) < 4.78 is 6.45. The number of hydrogen-bond donors (Lipinski definition) is 0. The molecule has 0 N–H and O–H groups in total. The molecule has 4 nitrogen and oxygen atoms in total. The van der Waals surface area contributed by atoms with Crippen molar-refractivity contribution < 1.29 is 0 Å². The van der Waals surface area contributed by atoms with Crippen LogP contribution in [0.25, 0.3) is 115 Å². The normalized spacial score (nSPS) is 12.0. The maximum atomic E-state index is 15.4. The van der Waals surface area contributed by atoms with E-state index in [2.05, 4.69) is 185 Å². The molecule has 10 aromatic carbocycles. The van der Waals surface area contributed by atoms with Crippen LogP contribution >= 0.6 is 0 Å². The topological polar surface area (TPSA) is 31.9 Å². The second kappa shape index (κ2) is 12.9. The Balaban J connectivity index is 1.12. The largest absolute Gasteiger partial charge is 0.309 e. The van der Waals surface area contributed by atoms with E-state index in [4.69, 9.17) is 0 Å². The Morgan fingerprint density at radius 1 is 0.262 bits per heavy atom. The van der Waals surface area contributed by atoms with Crippen LogP contribution in [0.4, 0.5) is 0 Å². The number of hydrogen-bond acceptors (Lipinski definition) is 1. The van der Waals surface area contributed by atoms with Gasteiger partial charge in [-0.25, -0.2) is 0 Å². The van der Waals surface area contributed by atoms with E-state index in [1.807, 2.05) is 41.0 Å². The Bertz CT molecular complexity index is 3970. The first-order valence-corrected chi connectivity index (χ1v) is 20.8. The van der Waals surface area contributed by atoms with Gasteiger partial charge in [-0.1, -0.05) is 140 Å². The molecule has 13 rings (SSSR count). The minimum absolute atomic E-state index is 0.0590. The summed E-state index contributed by atoms with van der Waals surface area (Å²) in [6.45, 7) is 0. The average Bonchev–Trinajstić information content (AvgIpc) is 3.85. The Morgan fingerprint density at radius 3 is 1.33 bits per heavy atom. The van der Waals surface area contributed by atoms with E-state index in [1.54, 1.807) is 0 Å². The van der Waals surface area contributed by atoms with Gasteiger partial charge in [0.2, 0.25) is 0 Å². The van der Waals surface area contributed by atoms with Crippen molar-refractivity contribution in [3.05, 3.63) is 223 Å². The highest BCUT2D eigenvalue weighted by molar-refractivity contribution is 6.26. The number of aromatic nitrogens is 3. The van der Waals surface area contributed by atoms with Crippen molar-refractivity contribution in [2.45, 2.75) is 0 Å². The van der Waals surface area contributed by atoms with Gasteiger partial charge in [-0.05, 0) is 116 Å². The van der Waals surface area contributed by atoms with Crippen molar-refractivity contribution in [1.82, 2.24) is 13.7 Å². The van der Waals surface area contributed by atoms with Crippen molar-refractivity contribution >= 4 is 86.8 Å². The fraction of sp³-hybridized carbons (Fsp3) is 0. The summed E-state index contributed by atoms with van der Waals surface area (Å²) in [6, 6.07) is 75.2. The smallest absolute Gasteiger partial charge is 0.280 e. The molecule has 3 aromatic heterocycles. The van der Waals surface area contributed by atoms with Crippen molar-refractivity contribution in [2.24, 2.45) is 0 Å². The number of benzene rings is 10. The molecule has 0 atom stereocenters. The first-order chi connectivity index (χ1) is 30.2.